The van der Waals surface area contributed by atoms with Gasteiger partial charge in [-0.05, 0) is 35.7 Å². The first-order valence-electron chi connectivity index (χ1n) is 8.31. The van der Waals surface area contributed by atoms with Crippen LogP contribution >= 0.6 is 34.0 Å². The maximum absolute atomic E-state index is 12.3. The summed E-state index contributed by atoms with van der Waals surface area (Å²) in [5, 5.41) is 5.31. The molecular formula is C19H13N3O4S3. The number of thiophene rings is 2. The second kappa shape index (κ2) is 8.11. The summed E-state index contributed by atoms with van der Waals surface area (Å²) >= 11 is 3.96. The first kappa shape index (κ1) is 19.2. The molecule has 0 saturated heterocycles. The van der Waals surface area contributed by atoms with Gasteiger partial charge in [-0.2, -0.15) is 0 Å². The Balaban J connectivity index is 1.38. The van der Waals surface area contributed by atoms with E-state index in [2.05, 4.69) is 10.3 Å². The van der Waals surface area contributed by atoms with Crippen LogP contribution in [0, 0.1) is 0 Å². The summed E-state index contributed by atoms with van der Waals surface area (Å²) in [6.07, 6.45) is 0. The standard InChI is InChI=1S/C19H13N3O4S3/c20-16(24)10-7-8-27-17(10)22-15(23)9-26-19(25)14-6-5-13(28-14)18-21-11-3-1-2-4-12(11)29-18/h1-8H,9H2,(H2,20,24)(H,22,23). The van der Waals surface area contributed by atoms with Crippen molar-refractivity contribution in [3.8, 4) is 9.88 Å². The highest BCUT2D eigenvalue weighted by Crippen LogP contribution is 2.34. The van der Waals surface area contributed by atoms with Crippen molar-refractivity contribution in [3.63, 3.8) is 0 Å². The van der Waals surface area contributed by atoms with Crippen LogP contribution in [0.5, 0.6) is 0 Å². The second-order valence-corrected chi connectivity index (χ2v) is 8.83. The van der Waals surface area contributed by atoms with E-state index in [1.165, 1.54) is 17.4 Å². The molecule has 29 heavy (non-hydrogen) atoms. The number of hydrogen-bond acceptors (Lipinski definition) is 8. The summed E-state index contributed by atoms with van der Waals surface area (Å²) in [6, 6.07) is 12.8. The number of benzene rings is 1. The Morgan fingerprint density at radius 2 is 1.90 bits per heavy atom. The van der Waals surface area contributed by atoms with Crippen molar-refractivity contribution in [2.75, 3.05) is 11.9 Å². The van der Waals surface area contributed by atoms with Crippen molar-refractivity contribution >= 4 is 67.0 Å². The van der Waals surface area contributed by atoms with E-state index in [4.69, 9.17) is 10.5 Å². The highest BCUT2D eigenvalue weighted by molar-refractivity contribution is 7.26. The third-order valence-corrected chi connectivity index (χ3v) is 6.93. The molecule has 2 amide bonds. The van der Waals surface area contributed by atoms with Gasteiger partial charge in [0.2, 0.25) is 0 Å². The molecule has 0 aliphatic rings. The molecule has 0 saturated carbocycles. The zero-order valence-electron chi connectivity index (χ0n) is 14.7. The Kier molecular flexibility index (Phi) is 5.38. The number of esters is 1. The number of nitrogens with one attached hydrogen (secondary N) is 1. The van der Waals surface area contributed by atoms with Crippen molar-refractivity contribution in [1.82, 2.24) is 4.98 Å². The molecule has 7 nitrogen and oxygen atoms in total. The highest BCUT2D eigenvalue weighted by Gasteiger charge is 2.17. The van der Waals surface area contributed by atoms with Crippen LogP contribution in [-0.2, 0) is 9.53 Å². The Morgan fingerprint density at radius 3 is 2.69 bits per heavy atom. The number of fused-ring (bicyclic) bond motifs is 1. The van der Waals surface area contributed by atoms with E-state index in [0.29, 0.717) is 9.88 Å². The fourth-order valence-electron chi connectivity index (χ4n) is 2.51. The summed E-state index contributed by atoms with van der Waals surface area (Å²) < 4.78 is 6.15. The number of carbonyl (C=O) groups excluding carboxylic acids is 3. The Labute approximate surface area is 176 Å². The van der Waals surface area contributed by atoms with Gasteiger partial charge in [0, 0.05) is 0 Å². The molecule has 0 spiro atoms. The number of ether oxygens (including phenoxy) is 1. The van der Waals surface area contributed by atoms with Crippen LogP contribution < -0.4 is 11.1 Å². The zero-order valence-corrected chi connectivity index (χ0v) is 17.2. The van der Waals surface area contributed by atoms with Gasteiger partial charge in [0.25, 0.3) is 11.8 Å². The summed E-state index contributed by atoms with van der Waals surface area (Å²) in [7, 11) is 0. The maximum Gasteiger partial charge on any atom is 0.348 e. The molecule has 0 bridgehead atoms. The van der Waals surface area contributed by atoms with Crippen LogP contribution in [0.1, 0.15) is 20.0 Å². The highest BCUT2D eigenvalue weighted by atomic mass is 32.1. The van der Waals surface area contributed by atoms with E-state index in [1.54, 1.807) is 22.8 Å². The summed E-state index contributed by atoms with van der Waals surface area (Å²) in [5.74, 6) is -1.79. The van der Waals surface area contributed by atoms with Gasteiger partial charge in [0.1, 0.15) is 14.9 Å². The van der Waals surface area contributed by atoms with Crippen LogP contribution in [0.3, 0.4) is 0 Å². The molecule has 4 rings (SSSR count). The smallest absolute Gasteiger partial charge is 0.348 e. The van der Waals surface area contributed by atoms with Crippen molar-refractivity contribution in [3.05, 3.63) is 58.3 Å². The number of rotatable bonds is 6. The second-order valence-electron chi connectivity index (χ2n) is 5.80. The molecule has 0 fully saturated rings. The molecule has 0 radical (unpaired) electrons. The largest absolute Gasteiger partial charge is 0.451 e. The number of nitrogens with two attached hydrogens (primary N) is 1. The van der Waals surface area contributed by atoms with Crippen LogP contribution in [-0.4, -0.2) is 29.4 Å². The van der Waals surface area contributed by atoms with E-state index < -0.39 is 24.4 Å². The van der Waals surface area contributed by atoms with Crippen molar-refractivity contribution in [2.24, 2.45) is 5.73 Å². The fourth-order valence-corrected chi connectivity index (χ4v) is 5.23. The predicted molar refractivity (Wildman–Crippen MR) is 115 cm³/mol. The quantitative estimate of drug-likeness (QED) is 0.438. The van der Waals surface area contributed by atoms with E-state index >= 15 is 0 Å². The number of carbonyl (C=O) groups is 3. The van der Waals surface area contributed by atoms with Gasteiger partial charge in [0.15, 0.2) is 6.61 Å². The normalized spacial score (nSPS) is 10.8. The van der Waals surface area contributed by atoms with Gasteiger partial charge in [-0.3, -0.25) is 9.59 Å². The van der Waals surface area contributed by atoms with Crippen molar-refractivity contribution < 1.29 is 19.1 Å². The number of nitrogens with zero attached hydrogens (tertiary/aromatic N) is 1. The molecule has 0 aliphatic carbocycles. The number of thiazole rings is 1. The van der Waals surface area contributed by atoms with Gasteiger partial charge in [0.05, 0.1) is 20.7 Å². The molecule has 10 heteroatoms. The lowest BCUT2D eigenvalue weighted by atomic mass is 10.3. The minimum Gasteiger partial charge on any atom is -0.451 e. The number of amides is 2. The molecule has 1 aromatic carbocycles. The molecule has 0 unspecified atom stereocenters. The summed E-state index contributed by atoms with van der Waals surface area (Å²) in [4.78, 5) is 41.4. The van der Waals surface area contributed by atoms with E-state index in [-0.39, 0.29) is 5.56 Å². The molecule has 3 N–H and O–H groups in total. The first-order chi connectivity index (χ1) is 14.0. The maximum atomic E-state index is 12.3. The summed E-state index contributed by atoms with van der Waals surface area (Å²) in [6.45, 7) is -0.469. The lowest BCUT2D eigenvalue weighted by Gasteiger charge is -2.05. The van der Waals surface area contributed by atoms with Gasteiger partial charge in [-0.15, -0.1) is 34.0 Å². The average molecular weight is 444 g/mol. The van der Waals surface area contributed by atoms with Crippen LogP contribution in [0.2, 0.25) is 0 Å². The third kappa shape index (κ3) is 4.19. The van der Waals surface area contributed by atoms with Gasteiger partial charge in [-0.25, -0.2) is 9.78 Å². The van der Waals surface area contributed by atoms with E-state index in [1.807, 2.05) is 30.3 Å². The van der Waals surface area contributed by atoms with Gasteiger partial charge in [-0.1, -0.05) is 12.1 Å². The molecular weight excluding hydrogens is 430 g/mol. The number of para-hydroxylation sites is 1. The lowest BCUT2D eigenvalue weighted by Crippen LogP contribution is -2.22. The van der Waals surface area contributed by atoms with Crippen molar-refractivity contribution in [2.45, 2.75) is 0 Å². The lowest BCUT2D eigenvalue weighted by molar-refractivity contribution is -0.119. The predicted octanol–water partition coefficient (Wildman–Crippen LogP) is 3.98. The van der Waals surface area contributed by atoms with Crippen LogP contribution in [0.4, 0.5) is 5.00 Å². The van der Waals surface area contributed by atoms with Gasteiger partial charge >= 0.3 is 5.97 Å². The Morgan fingerprint density at radius 1 is 1.07 bits per heavy atom. The van der Waals surface area contributed by atoms with Crippen LogP contribution in [0.25, 0.3) is 20.1 Å². The molecule has 3 heterocycles. The third-order valence-electron chi connectivity index (χ3n) is 3.83. The number of aromatic nitrogens is 1. The topological polar surface area (TPSA) is 111 Å². The molecule has 0 aliphatic heterocycles. The number of primary amides is 1. The zero-order chi connectivity index (χ0) is 20.4. The Hall–Kier alpha value is -3.08. The summed E-state index contributed by atoms with van der Waals surface area (Å²) in [5.41, 5.74) is 6.36. The fraction of sp³-hybridized carbons (Fsp3) is 0.0526. The SMILES string of the molecule is NC(=O)c1ccsc1NC(=O)COC(=O)c1ccc(-c2nc3ccccc3s2)s1. The average Bonchev–Trinajstić information content (AvgIpc) is 3.43. The molecule has 4 aromatic rings. The van der Waals surface area contributed by atoms with Crippen molar-refractivity contribution in [1.29, 1.82) is 0 Å². The molecule has 3 aromatic heterocycles. The molecule has 146 valence electrons. The Bertz CT molecular complexity index is 1190. The van der Waals surface area contributed by atoms with E-state index in [0.717, 1.165) is 31.4 Å². The minimum atomic E-state index is -0.639. The van der Waals surface area contributed by atoms with Crippen LogP contribution in [0.15, 0.2) is 47.8 Å². The monoisotopic (exact) mass is 443 g/mol. The minimum absolute atomic E-state index is 0.216. The first-order valence-corrected chi connectivity index (χ1v) is 10.8. The van der Waals surface area contributed by atoms with E-state index in [9.17, 15) is 14.4 Å². The van der Waals surface area contributed by atoms with Gasteiger partial charge < -0.3 is 15.8 Å². The number of hydrogen-bond donors (Lipinski definition) is 2. The number of anilines is 1. The molecule has 0 atom stereocenters.